The molecule has 2 aromatic rings. The van der Waals surface area contributed by atoms with E-state index in [1.165, 1.54) is 24.5 Å². The Bertz CT molecular complexity index is 906. The molecule has 1 aliphatic rings. The van der Waals surface area contributed by atoms with Crippen molar-refractivity contribution in [2.75, 3.05) is 7.11 Å². The van der Waals surface area contributed by atoms with Gasteiger partial charge in [0, 0.05) is 18.2 Å². The van der Waals surface area contributed by atoms with E-state index in [1.807, 2.05) is 36.7 Å². The second-order valence-corrected chi connectivity index (χ2v) is 8.97. The first-order chi connectivity index (χ1) is 13.7. The molecule has 158 valence electrons. The second kappa shape index (κ2) is 8.32. The normalized spacial score (nSPS) is 25.3. The van der Waals surface area contributed by atoms with Gasteiger partial charge in [-0.15, -0.1) is 6.58 Å². The number of methoxy groups -OCH3 is 1. The Kier molecular flexibility index (Phi) is 6.36. The lowest BCUT2D eigenvalue weighted by Crippen LogP contribution is -2.67. The Morgan fingerprint density at radius 1 is 1.34 bits per heavy atom. The van der Waals surface area contributed by atoms with Crippen LogP contribution in [0.3, 0.4) is 0 Å². The van der Waals surface area contributed by atoms with Crippen molar-refractivity contribution in [3.63, 3.8) is 0 Å². The van der Waals surface area contributed by atoms with Crippen molar-refractivity contribution in [1.82, 2.24) is 0 Å². The predicted molar refractivity (Wildman–Crippen MR) is 110 cm³/mol. The standard InChI is InChI=1S/C20H25O7PS/c1-5-7-15(6-2)19(3)20(24-4,27-26-19)16-8-9-17(14-10-11-29-13-14)18(12-16)25-28(21,22)23/h5,8-13,15H,1,6-7H2,2-4H3,(H2,21,22,23). The molecular weight excluding hydrogens is 415 g/mol. The summed E-state index contributed by atoms with van der Waals surface area (Å²) >= 11 is 1.47. The van der Waals surface area contributed by atoms with E-state index in [1.54, 1.807) is 12.1 Å². The fraction of sp³-hybridized carbons (Fsp3) is 0.400. The molecule has 3 unspecified atom stereocenters. The maximum atomic E-state index is 11.6. The molecule has 1 aromatic carbocycles. The van der Waals surface area contributed by atoms with Crippen LogP contribution in [0, 0.1) is 5.92 Å². The first kappa shape index (κ1) is 22.2. The van der Waals surface area contributed by atoms with Crippen LogP contribution >= 0.6 is 19.2 Å². The van der Waals surface area contributed by atoms with Crippen LogP contribution in [0.5, 0.6) is 5.75 Å². The molecule has 1 fully saturated rings. The highest BCUT2D eigenvalue weighted by molar-refractivity contribution is 7.46. The van der Waals surface area contributed by atoms with Crippen LogP contribution in [0.2, 0.25) is 0 Å². The molecule has 2 N–H and O–H groups in total. The molecular formula is C20H25O7PS. The molecule has 0 radical (unpaired) electrons. The van der Waals surface area contributed by atoms with Gasteiger partial charge in [0.15, 0.2) is 5.60 Å². The van der Waals surface area contributed by atoms with E-state index < -0.39 is 19.2 Å². The van der Waals surface area contributed by atoms with Crippen molar-refractivity contribution in [1.29, 1.82) is 0 Å². The molecule has 3 atom stereocenters. The zero-order chi connectivity index (χ0) is 21.3. The molecule has 1 aromatic heterocycles. The van der Waals surface area contributed by atoms with Gasteiger partial charge in [0.05, 0.1) is 0 Å². The Morgan fingerprint density at radius 2 is 2.10 bits per heavy atom. The summed E-state index contributed by atoms with van der Waals surface area (Å²) in [6.45, 7) is 7.76. The maximum absolute atomic E-state index is 11.6. The lowest BCUT2D eigenvalue weighted by Gasteiger charge is -2.56. The lowest BCUT2D eigenvalue weighted by atomic mass is 9.74. The molecule has 3 rings (SSSR count). The van der Waals surface area contributed by atoms with Gasteiger partial charge in [0.25, 0.3) is 5.79 Å². The summed E-state index contributed by atoms with van der Waals surface area (Å²) < 4.78 is 22.4. The van der Waals surface area contributed by atoms with E-state index in [4.69, 9.17) is 19.0 Å². The number of phosphoric ester groups is 1. The second-order valence-electron chi connectivity index (χ2n) is 7.03. The number of ether oxygens (including phenoxy) is 1. The molecule has 2 heterocycles. The number of benzene rings is 1. The molecule has 0 saturated carbocycles. The summed E-state index contributed by atoms with van der Waals surface area (Å²) in [6.07, 6.45) is 3.32. The first-order valence-corrected chi connectivity index (χ1v) is 11.6. The average molecular weight is 440 g/mol. The molecule has 9 heteroatoms. The number of phosphoric acid groups is 1. The molecule has 1 aliphatic heterocycles. The van der Waals surface area contributed by atoms with Gasteiger partial charge in [0.1, 0.15) is 5.75 Å². The molecule has 29 heavy (non-hydrogen) atoms. The summed E-state index contributed by atoms with van der Waals surface area (Å²) in [5.74, 6) is -1.16. The number of hydrogen-bond acceptors (Lipinski definition) is 6. The van der Waals surface area contributed by atoms with Gasteiger partial charge in [0.2, 0.25) is 0 Å². The van der Waals surface area contributed by atoms with Gasteiger partial charge in [-0.1, -0.05) is 25.1 Å². The van der Waals surface area contributed by atoms with E-state index in [2.05, 4.69) is 6.58 Å². The molecule has 7 nitrogen and oxygen atoms in total. The fourth-order valence-electron chi connectivity index (χ4n) is 3.84. The Balaban J connectivity index is 2.10. The smallest absolute Gasteiger partial charge is 0.404 e. The van der Waals surface area contributed by atoms with Crippen molar-refractivity contribution in [2.24, 2.45) is 5.92 Å². The van der Waals surface area contributed by atoms with Crippen molar-refractivity contribution in [3.05, 3.63) is 53.2 Å². The van der Waals surface area contributed by atoms with Gasteiger partial charge in [-0.05, 0) is 54.1 Å². The van der Waals surface area contributed by atoms with E-state index in [0.29, 0.717) is 17.5 Å². The van der Waals surface area contributed by atoms with Gasteiger partial charge < -0.3 is 9.26 Å². The highest BCUT2D eigenvalue weighted by Gasteiger charge is 2.66. The summed E-state index contributed by atoms with van der Waals surface area (Å²) in [5.41, 5.74) is 1.07. The quantitative estimate of drug-likeness (QED) is 0.322. The van der Waals surface area contributed by atoms with Crippen LogP contribution < -0.4 is 4.52 Å². The van der Waals surface area contributed by atoms with Crippen LogP contribution in [0.4, 0.5) is 0 Å². The maximum Gasteiger partial charge on any atom is 0.524 e. The van der Waals surface area contributed by atoms with E-state index in [0.717, 1.165) is 12.0 Å². The van der Waals surface area contributed by atoms with Crippen LogP contribution in [0.1, 0.15) is 32.3 Å². The third kappa shape index (κ3) is 3.94. The minimum absolute atomic E-state index is 0.0419. The van der Waals surface area contributed by atoms with E-state index in [-0.39, 0.29) is 11.7 Å². The summed E-state index contributed by atoms with van der Waals surface area (Å²) in [7, 11) is -3.27. The van der Waals surface area contributed by atoms with Crippen molar-refractivity contribution < 1.29 is 33.4 Å². The lowest BCUT2D eigenvalue weighted by molar-refractivity contribution is -0.624. The molecule has 1 saturated heterocycles. The topological polar surface area (TPSA) is 94.5 Å². The largest absolute Gasteiger partial charge is 0.524 e. The van der Waals surface area contributed by atoms with Gasteiger partial charge in [-0.3, -0.25) is 9.79 Å². The Morgan fingerprint density at radius 3 is 2.59 bits per heavy atom. The molecule has 0 bridgehead atoms. The van der Waals surface area contributed by atoms with Crippen LogP contribution in [0.25, 0.3) is 11.1 Å². The Hall–Kier alpha value is -1.51. The van der Waals surface area contributed by atoms with E-state index in [9.17, 15) is 14.4 Å². The summed E-state index contributed by atoms with van der Waals surface area (Å²) in [4.78, 5) is 29.9. The van der Waals surface area contributed by atoms with E-state index >= 15 is 0 Å². The fourth-order valence-corrected chi connectivity index (χ4v) is 4.91. The SMILES string of the molecule is C=CCC(CC)C1(C)OOC1(OC)c1ccc(-c2ccsc2)c(OP(=O)(O)O)c1. The highest BCUT2D eigenvalue weighted by atomic mass is 32.1. The predicted octanol–water partition coefficient (Wildman–Crippen LogP) is 5.01. The van der Waals surface area contributed by atoms with Gasteiger partial charge >= 0.3 is 7.82 Å². The average Bonchev–Trinajstić information content (AvgIpc) is 3.19. The minimum atomic E-state index is -4.78. The summed E-state index contributed by atoms with van der Waals surface area (Å²) in [6, 6.07) is 6.92. The first-order valence-electron chi connectivity index (χ1n) is 9.16. The minimum Gasteiger partial charge on any atom is -0.404 e. The van der Waals surface area contributed by atoms with Gasteiger partial charge in [-0.2, -0.15) is 16.2 Å². The third-order valence-corrected chi connectivity index (χ3v) is 6.52. The van der Waals surface area contributed by atoms with Crippen molar-refractivity contribution in [3.8, 4) is 16.9 Å². The number of rotatable bonds is 9. The number of thiophene rings is 1. The van der Waals surface area contributed by atoms with Crippen molar-refractivity contribution >= 4 is 19.2 Å². The monoisotopic (exact) mass is 440 g/mol. The third-order valence-electron chi connectivity index (χ3n) is 5.41. The van der Waals surface area contributed by atoms with Crippen LogP contribution in [0.15, 0.2) is 47.7 Å². The molecule has 0 aliphatic carbocycles. The Labute approximate surface area is 174 Å². The molecule has 0 spiro atoms. The van der Waals surface area contributed by atoms with Crippen LogP contribution in [-0.2, 0) is 24.9 Å². The highest BCUT2D eigenvalue weighted by Crippen LogP contribution is 2.56. The van der Waals surface area contributed by atoms with Gasteiger partial charge in [-0.25, -0.2) is 9.45 Å². The van der Waals surface area contributed by atoms with Crippen LogP contribution in [-0.4, -0.2) is 22.5 Å². The number of hydrogen-bond donors (Lipinski definition) is 2. The zero-order valence-corrected chi connectivity index (χ0v) is 18.2. The number of allylic oxidation sites excluding steroid dienone is 1. The summed E-state index contributed by atoms with van der Waals surface area (Å²) in [5, 5.41) is 3.75. The zero-order valence-electron chi connectivity index (χ0n) is 16.5. The van der Waals surface area contributed by atoms with Crippen molar-refractivity contribution in [2.45, 2.75) is 38.1 Å². The molecule has 0 amide bonds.